The van der Waals surface area contributed by atoms with Gasteiger partial charge in [0, 0.05) is 55.6 Å². The van der Waals surface area contributed by atoms with Gasteiger partial charge in [-0.25, -0.2) is 23.5 Å². The third kappa shape index (κ3) is 4.30. The molecule has 4 aromatic rings. The summed E-state index contributed by atoms with van der Waals surface area (Å²) in [6.45, 7) is 1.95. The van der Waals surface area contributed by atoms with Crippen LogP contribution in [0.25, 0.3) is 22.3 Å². The number of fused-ring (bicyclic) bond motifs is 1. The van der Waals surface area contributed by atoms with Gasteiger partial charge in [0.15, 0.2) is 5.82 Å². The van der Waals surface area contributed by atoms with Gasteiger partial charge in [-0.3, -0.25) is 4.98 Å². The molecule has 0 unspecified atom stereocenters. The van der Waals surface area contributed by atoms with Gasteiger partial charge in [-0.1, -0.05) is 12.1 Å². The first-order valence-corrected chi connectivity index (χ1v) is 10.5. The molecule has 1 aliphatic rings. The van der Waals surface area contributed by atoms with Crippen LogP contribution in [-0.2, 0) is 0 Å². The Bertz CT molecular complexity index is 1310. The van der Waals surface area contributed by atoms with E-state index >= 15 is 0 Å². The molecule has 0 spiro atoms. The number of para-hydroxylation sites is 1. The quantitative estimate of drug-likeness (QED) is 0.507. The van der Waals surface area contributed by atoms with E-state index in [1.807, 2.05) is 36.4 Å². The lowest BCUT2D eigenvalue weighted by Gasteiger charge is -2.36. The molecule has 33 heavy (non-hydrogen) atoms. The molecular formula is C24H20F2N6O. The zero-order valence-electron chi connectivity index (χ0n) is 17.6. The Kier molecular flexibility index (Phi) is 5.52. The Hall–Kier alpha value is -4.14. The lowest BCUT2D eigenvalue weighted by atomic mass is 10.2. The maximum absolute atomic E-state index is 13.9. The predicted octanol–water partition coefficient (Wildman–Crippen LogP) is 4.32. The summed E-state index contributed by atoms with van der Waals surface area (Å²) in [5.41, 5.74) is 1.60. The minimum Gasteiger partial charge on any atom is -0.352 e. The number of carbonyl (C=O) groups excluding carboxylic acids is 1. The molecule has 2 amide bonds. The molecule has 0 radical (unpaired) electrons. The number of nitrogens with one attached hydrogen (secondary N) is 1. The van der Waals surface area contributed by atoms with Crippen molar-refractivity contribution < 1.29 is 13.6 Å². The summed E-state index contributed by atoms with van der Waals surface area (Å²) in [7, 11) is 0. The number of amides is 2. The van der Waals surface area contributed by atoms with Crippen molar-refractivity contribution in [1.82, 2.24) is 19.9 Å². The van der Waals surface area contributed by atoms with Crippen LogP contribution in [-0.4, -0.2) is 52.1 Å². The lowest BCUT2D eigenvalue weighted by molar-refractivity contribution is 0.208. The van der Waals surface area contributed by atoms with Crippen LogP contribution in [0.5, 0.6) is 0 Å². The van der Waals surface area contributed by atoms with Gasteiger partial charge in [-0.15, -0.1) is 0 Å². The van der Waals surface area contributed by atoms with Crippen LogP contribution in [0.3, 0.4) is 0 Å². The predicted molar refractivity (Wildman–Crippen MR) is 122 cm³/mol. The van der Waals surface area contributed by atoms with Gasteiger partial charge >= 0.3 is 6.03 Å². The van der Waals surface area contributed by atoms with Crippen molar-refractivity contribution in [2.24, 2.45) is 0 Å². The van der Waals surface area contributed by atoms with Gasteiger partial charge in [-0.2, -0.15) is 0 Å². The highest BCUT2D eigenvalue weighted by atomic mass is 19.1. The third-order valence-corrected chi connectivity index (χ3v) is 5.54. The third-order valence-electron chi connectivity index (χ3n) is 5.54. The second kappa shape index (κ2) is 8.78. The number of pyridine rings is 1. The number of halogens is 2. The molecule has 9 heteroatoms. The number of hydrogen-bond donors (Lipinski definition) is 1. The van der Waals surface area contributed by atoms with Crippen molar-refractivity contribution in [2.45, 2.75) is 0 Å². The summed E-state index contributed by atoms with van der Waals surface area (Å²) in [5.74, 6) is -0.118. The number of aromatic nitrogens is 3. The summed E-state index contributed by atoms with van der Waals surface area (Å²) < 4.78 is 27.0. The molecule has 0 aliphatic carbocycles. The number of hydrogen-bond acceptors (Lipinski definition) is 5. The van der Waals surface area contributed by atoms with Crippen LogP contribution in [0.1, 0.15) is 0 Å². The maximum atomic E-state index is 13.9. The molecular weight excluding hydrogens is 426 g/mol. The topological polar surface area (TPSA) is 74.2 Å². The highest BCUT2D eigenvalue weighted by Crippen LogP contribution is 2.28. The average molecular weight is 446 g/mol. The zero-order valence-corrected chi connectivity index (χ0v) is 17.6. The minimum absolute atomic E-state index is 0.0493. The van der Waals surface area contributed by atoms with Crippen LogP contribution >= 0.6 is 0 Å². The average Bonchev–Trinajstić information content (AvgIpc) is 2.85. The molecule has 0 saturated carbocycles. The van der Waals surface area contributed by atoms with Crippen molar-refractivity contribution in [2.75, 3.05) is 36.4 Å². The van der Waals surface area contributed by atoms with E-state index in [-0.39, 0.29) is 5.69 Å². The van der Waals surface area contributed by atoms with Crippen molar-refractivity contribution in [3.05, 3.63) is 78.6 Å². The molecule has 3 heterocycles. The van der Waals surface area contributed by atoms with E-state index in [1.165, 1.54) is 6.07 Å². The van der Waals surface area contributed by atoms with Crippen LogP contribution in [0.4, 0.5) is 25.1 Å². The van der Waals surface area contributed by atoms with E-state index in [0.29, 0.717) is 32.0 Å². The second-order valence-electron chi connectivity index (χ2n) is 7.66. The summed E-state index contributed by atoms with van der Waals surface area (Å²) in [6, 6.07) is 14.2. The van der Waals surface area contributed by atoms with Crippen molar-refractivity contribution in [3.63, 3.8) is 0 Å². The summed E-state index contributed by atoms with van der Waals surface area (Å²) >= 11 is 0. The Morgan fingerprint density at radius 2 is 1.76 bits per heavy atom. The fourth-order valence-electron chi connectivity index (χ4n) is 3.83. The molecule has 0 atom stereocenters. The number of anilines is 2. The lowest BCUT2D eigenvalue weighted by Crippen LogP contribution is -2.50. The maximum Gasteiger partial charge on any atom is 0.322 e. The molecule has 166 valence electrons. The molecule has 1 fully saturated rings. The Labute approximate surface area is 188 Å². The number of piperazine rings is 1. The largest absolute Gasteiger partial charge is 0.352 e. The van der Waals surface area contributed by atoms with Gasteiger partial charge < -0.3 is 15.1 Å². The first-order chi connectivity index (χ1) is 16.1. The molecule has 2 aromatic heterocycles. The number of carbonyl (C=O) groups is 1. The fourth-order valence-corrected chi connectivity index (χ4v) is 3.83. The number of rotatable bonds is 3. The van der Waals surface area contributed by atoms with Crippen molar-refractivity contribution in [1.29, 1.82) is 0 Å². The van der Waals surface area contributed by atoms with Gasteiger partial charge in [0.05, 0.1) is 11.2 Å². The first kappa shape index (κ1) is 20.7. The van der Waals surface area contributed by atoms with Crippen LogP contribution in [0.15, 0.2) is 67.0 Å². The van der Waals surface area contributed by atoms with E-state index in [4.69, 9.17) is 9.97 Å². The summed E-state index contributed by atoms with van der Waals surface area (Å²) in [6.07, 6.45) is 3.43. The standard InChI is InChI=1S/C24H20F2N6O/c25-17-7-8-21(19(26)14-17)29-24(33)32-12-10-31(11-13-32)23-18-5-1-2-6-20(18)28-22(30-23)16-4-3-9-27-15-16/h1-9,14-15H,10-13H2,(H,29,33). The number of benzene rings is 2. The highest BCUT2D eigenvalue weighted by Gasteiger charge is 2.24. The molecule has 1 N–H and O–H groups in total. The molecule has 7 nitrogen and oxygen atoms in total. The van der Waals surface area contributed by atoms with E-state index in [2.05, 4.69) is 15.2 Å². The van der Waals surface area contributed by atoms with Crippen LogP contribution in [0, 0.1) is 11.6 Å². The van der Waals surface area contributed by atoms with Gasteiger partial charge in [0.1, 0.15) is 17.5 Å². The summed E-state index contributed by atoms with van der Waals surface area (Å²) in [5, 5.41) is 3.44. The zero-order chi connectivity index (χ0) is 22.8. The molecule has 0 bridgehead atoms. The highest BCUT2D eigenvalue weighted by molar-refractivity contribution is 5.92. The van der Waals surface area contributed by atoms with Gasteiger partial charge in [-0.05, 0) is 36.4 Å². The van der Waals surface area contributed by atoms with Gasteiger partial charge in [0.2, 0.25) is 0 Å². The molecule has 1 aliphatic heterocycles. The number of urea groups is 1. The van der Waals surface area contributed by atoms with E-state index in [1.54, 1.807) is 17.3 Å². The minimum atomic E-state index is -0.808. The fraction of sp³-hybridized carbons (Fsp3) is 0.167. The van der Waals surface area contributed by atoms with E-state index in [9.17, 15) is 13.6 Å². The van der Waals surface area contributed by atoms with E-state index in [0.717, 1.165) is 34.4 Å². The molecule has 1 saturated heterocycles. The van der Waals surface area contributed by atoms with Crippen LogP contribution in [0.2, 0.25) is 0 Å². The van der Waals surface area contributed by atoms with Crippen molar-refractivity contribution >= 4 is 28.4 Å². The number of nitrogens with zero attached hydrogens (tertiary/aromatic N) is 5. The smallest absolute Gasteiger partial charge is 0.322 e. The van der Waals surface area contributed by atoms with E-state index < -0.39 is 17.7 Å². The molecule has 5 rings (SSSR count). The van der Waals surface area contributed by atoms with Gasteiger partial charge in [0.25, 0.3) is 0 Å². The normalized spacial score (nSPS) is 13.9. The SMILES string of the molecule is O=C(Nc1ccc(F)cc1F)N1CCN(c2nc(-c3cccnc3)nc3ccccc23)CC1. The van der Waals surface area contributed by atoms with Crippen molar-refractivity contribution in [3.8, 4) is 11.4 Å². The monoisotopic (exact) mass is 446 g/mol. The first-order valence-electron chi connectivity index (χ1n) is 10.5. The second-order valence-corrected chi connectivity index (χ2v) is 7.66. The molecule has 2 aromatic carbocycles. The Morgan fingerprint density at radius 1 is 0.939 bits per heavy atom. The Morgan fingerprint density at radius 3 is 2.52 bits per heavy atom. The summed E-state index contributed by atoms with van der Waals surface area (Å²) in [4.78, 5) is 30.0. The van der Waals surface area contributed by atoms with Crippen LogP contribution < -0.4 is 10.2 Å². The Balaban J connectivity index is 1.35.